The van der Waals surface area contributed by atoms with Crippen molar-refractivity contribution in [1.82, 2.24) is 4.98 Å². The molecule has 2 aromatic rings. The summed E-state index contributed by atoms with van der Waals surface area (Å²) >= 11 is 3.43. The van der Waals surface area contributed by atoms with Gasteiger partial charge in [0.1, 0.15) is 0 Å². The van der Waals surface area contributed by atoms with Gasteiger partial charge in [-0.3, -0.25) is 0 Å². The van der Waals surface area contributed by atoms with E-state index in [1.165, 1.54) is 10.4 Å². The van der Waals surface area contributed by atoms with Crippen molar-refractivity contribution < 1.29 is 5.11 Å². The van der Waals surface area contributed by atoms with Crippen molar-refractivity contribution in [2.45, 2.75) is 19.6 Å². The maximum absolute atomic E-state index is 9.03. The lowest BCUT2D eigenvalue weighted by molar-refractivity contribution is 0.285. The zero-order valence-electron chi connectivity index (χ0n) is 8.72. The first kappa shape index (κ1) is 10.3. The van der Waals surface area contributed by atoms with Crippen molar-refractivity contribution in [1.29, 1.82) is 0 Å². The summed E-state index contributed by atoms with van der Waals surface area (Å²) in [5, 5.41) is 12.2. The van der Waals surface area contributed by atoms with Crippen LogP contribution in [-0.4, -0.2) is 16.6 Å². The zero-order valence-corrected chi connectivity index (χ0v) is 10.4. The van der Waals surface area contributed by atoms with Gasteiger partial charge in [0.05, 0.1) is 11.5 Å². The van der Waals surface area contributed by atoms with Crippen molar-refractivity contribution >= 4 is 27.8 Å². The van der Waals surface area contributed by atoms with Gasteiger partial charge in [0.2, 0.25) is 0 Å². The van der Waals surface area contributed by atoms with Crippen LogP contribution in [0.15, 0.2) is 17.6 Å². The second kappa shape index (κ2) is 4.16. The SMILES string of the molecule is OCc1cnc(N2CCc3sccc3C2)s1. The van der Waals surface area contributed by atoms with E-state index < -0.39 is 0 Å². The van der Waals surface area contributed by atoms with Gasteiger partial charge in [0.15, 0.2) is 5.13 Å². The van der Waals surface area contributed by atoms with Crippen molar-refractivity contribution in [2.75, 3.05) is 11.4 Å². The van der Waals surface area contributed by atoms with Crippen LogP contribution in [0.2, 0.25) is 0 Å². The molecule has 0 saturated heterocycles. The smallest absolute Gasteiger partial charge is 0.185 e. The number of hydrogen-bond acceptors (Lipinski definition) is 5. The quantitative estimate of drug-likeness (QED) is 0.890. The van der Waals surface area contributed by atoms with E-state index in [4.69, 9.17) is 5.11 Å². The minimum absolute atomic E-state index is 0.0925. The summed E-state index contributed by atoms with van der Waals surface area (Å²) in [6, 6.07) is 2.20. The first-order valence-corrected chi connectivity index (χ1v) is 6.92. The Hall–Kier alpha value is -0.910. The third-order valence-electron chi connectivity index (χ3n) is 2.78. The molecular formula is C11H12N2OS2. The number of rotatable bonds is 2. The fourth-order valence-electron chi connectivity index (χ4n) is 1.93. The molecule has 84 valence electrons. The summed E-state index contributed by atoms with van der Waals surface area (Å²) < 4.78 is 0. The number of fused-ring (bicyclic) bond motifs is 1. The van der Waals surface area contributed by atoms with Crippen molar-refractivity contribution in [2.24, 2.45) is 0 Å². The monoisotopic (exact) mass is 252 g/mol. The second-order valence-corrected chi connectivity index (χ2v) is 5.90. The third-order valence-corrected chi connectivity index (χ3v) is 4.84. The summed E-state index contributed by atoms with van der Waals surface area (Å²) in [4.78, 5) is 9.09. The van der Waals surface area contributed by atoms with Gasteiger partial charge in [-0.2, -0.15) is 0 Å². The van der Waals surface area contributed by atoms with E-state index in [0.717, 1.165) is 29.5 Å². The Morgan fingerprint density at radius 3 is 3.25 bits per heavy atom. The van der Waals surface area contributed by atoms with E-state index in [-0.39, 0.29) is 6.61 Å². The normalized spacial score (nSPS) is 15.2. The van der Waals surface area contributed by atoms with Crippen LogP contribution >= 0.6 is 22.7 Å². The Morgan fingerprint density at radius 2 is 2.44 bits per heavy atom. The molecule has 1 N–H and O–H groups in total. The molecule has 3 rings (SSSR count). The summed E-state index contributed by atoms with van der Waals surface area (Å²) in [5.74, 6) is 0. The molecule has 0 atom stereocenters. The Balaban J connectivity index is 1.83. The Labute approximate surface area is 102 Å². The summed E-state index contributed by atoms with van der Waals surface area (Å²) in [7, 11) is 0. The molecule has 0 bridgehead atoms. The maximum Gasteiger partial charge on any atom is 0.185 e. The number of nitrogens with zero attached hydrogens (tertiary/aromatic N) is 2. The van der Waals surface area contributed by atoms with Gasteiger partial charge in [-0.05, 0) is 23.4 Å². The number of hydrogen-bond donors (Lipinski definition) is 1. The second-order valence-electron chi connectivity index (χ2n) is 3.81. The van der Waals surface area contributed by atoms with Gasteiger partial charge >= 0.3 is 0 Å². The predicted molar refractivity (Wildman–Crippen MR) is 67.1 cm³/mol. The molecule has 0 spiro atoms. The van der Waals surface area contributed by atoms with Gasteiger partial charge in [-0.15, -0.1) is 11.3 Å². The minimum Gasteiger partial charge on any atom is -0.391 e. The van der Waals surface area contributed by atoms with E-state index in [1.54, 1.807) is 17.5 Å². The first-order chi connectivity index (χ1) is 7.86. The van der Waals surface area contributed by atoms with Crippen LogP contribution in [0.5, 0.6) is 0 Å². The first-order valence-electron chi connectivity index (χ1n) is 5.22. The third kappa shape index (κ3) is 1.75. The van der Waals surface area contributed by atoms with Crippen molar-refractivity contribution in [3.05, 3.63) is 33.0 Å². The molecule has 0 aliphatic carbocycles. The molecule has 3 heterocycles. The topological polar surface area (TPSA) is 36.4 Å². The molecule has 1 aliphatic rings. The summed E-state index contributed by atoms with van der Waals surface area (Å²) in [6.07, 6.45) is 2.88. The molecule has 1 aliphatic heterocycles. The molecule has 2 aromatic heterocycles. The molecule has 0 amide bonds. The fourth-order valence-corrected chi connectivity index (χ4v) is 3.61. The number of thiazole rings is 1. The molecule has 3 nitrogen and oxygen atoms in total. The van der Waals surface area contributed by atoms with Crippen LogP contribution in [0.3, 0.4) is 0 Å². The minimum atomic E-state index is 0.0925. The molecule has 0 aromatic carbocycles. The molecule has 0 saturated carbocycles. The summed E-state index contributed by atoms with van der Waals surface area (Å²) in [6.45, 7) is 2.08. The molecular weight excluding hydrogens is 240 g/mol. The maximum atomic E-state index is 9.03. The van der Waals surface area contributed by atoms with Crippen LogP contribution in [0.4, 0.5) is 5.13 Å². The van der Waals surface area contributed by atoms with E-state index in [1.807, 2.05) is 11.3 Å². The molecule has 0 radical (unpaired) electrons. The van der Waals surface area contributed by atoms with Crippen LogP contribution in [-0.2, 0) is 19.6 Å². The van der Waals surface area contributed by atoms with Crippen LogP contribution in [0, 0.1) is 0 Å². The number of aliphatic hydroxyl groups excluding tert-OH is 1. The van der Waals surface area contributed by atoms with Crippen LogP contribution in [0.1, 0.15) is 15.3 Å². The highest BCUT2D eigenvalue weighted by molar-refractivity contribution is 7.15. The lowest BCUT2D eigenvalue weighted by Gasteiger charge is -2.26. The van der Waals surface area contributed by atoms with Gasteiger partial charge in [-0.1, -0.05) is 11.3 Å². The number of thiophene rings is 1. The van der Waals surface area contributed by atoms with Crippen LogP contribution < -0.4 is 4.90 Å². The van der Waals surface area contributed by atoms with Gasteiger partial charge in [-0.25, -0.2) is 4.98 Å². The Morgan fingerprint density at radius 1 is 1.50 bits per heavy atom. The molecule has 5 heteroatoms. The highest BCUT2D eigenvalue weighted by atomic mass is 32.1. The molecule has 0 fully saturated rings. The van der Waals surface area contributed by atoms with Gasteiger partial charge in [0.25, 0.3) is 0 Å². The predicted octanol–water partition coefficient (Wildman–Crippen LogP) is 2.26. The highest BCUT2D eigenvalue weighted by Gasteiger charge is 2.19. The van der Waals surface area contributed by atoms with E-state index >= 15 is 0 Å². The highest BCUT2D eigenvalue weighted by Crippen LogP contribution is 2.30. The lowest BCUT2D eigenvalue weighted by atomic mass is 10.1. The largest absolute Gasteiger partial charge is 0.391 e. The van der Waals surface area contributed by atoms with Gasteiger partial charge in [0, 0.05) is 24.2 Å². The van der Waals surface area contributed by atoms with Crippen molar-refractivity contribution in [3.8, 4) is 0 Å². The molecule has 16 heavy (non-hydrogen) atoms. The Kier molecular flexibility index (Phi) is 2.67. The van der Waals surface area contributed by atoms with E-state index in [9.17, 15) is 0 Å². The zero-order chi connectivity index (χ0) is 11.0. The summed E-state index contributed by atoms with van der Waals surface area (Å²) in [5.41, 5.74) is 1.43. The van der Waals surface area contributed by atoms with Crippen LogP contribution in [0.25, 0.3) is 0 Å². The number of aromatic nitrogens is 1. The number of anilines is 1. The average Bonchev–Trinajstić information content (AvgIpc) is 2.96. The fraction of sp³-hybridized carbons (Fsp3) is 0.364. The lowest BCUT2D eigenvalue weighted by Crippen LogP contribution is -2.29. The number of aliphatic hydroxyl groups is 1. The Bertz CT molecular complexity index is 492. The van der Waals surface area contributed by atoms with E-state index in [0.29, 0.717) is 0 Å². The van der Waals surface area contributed by atoms with Gasteiger partial charge < -0.3 is 10.0 Å². The van der Waals surface area contributed by atoms with E-state index in [2.05, 4.69) is 21.3 Å². The standard InChI is InChI=1S/C11H12N2OS2/c14-7-9-5-12-11(16-9)13-3-1-10-8(6-13)2-4-15-10/h2,4-5,14H,1,3,6-7H2. The average molecular weight is 252 g/mol. The molecule has 0 unspecified atom stereocenters. The van der Waals surface area contributed by atoms with Crippen molar-refractivity contribution in [3.63, 3.8) is 0 Å².